The minimum absolute atomic E-state index is 0.00142. The average molecular weight is 392 g/mol. The zero-order valence-corrected chi connectivity index (χ0v) is 17.3. The van der Waals surface area contributed by atoms with Gasteiger partial charge in [-0.3, -0.25) is 0 Å². The summed E-state index contributed by atoms with van der Waals surface area (Å²) in [5.41, 5.74) is 3.01. The Balaban J connectivity index is 2.11. The number of sulfone groups is 1. The third-order valence-electron chi connectivity index (χ3n) is 4.02. The Morgan fingerprint density at radius 2 is 2.04 bits per heavy atom. The summed E-state index contributed by atoms with van der Waals surface area (Å²) in [6.45, 7) is 7.13. The number of aliphatic imine (C=N–C) groups is 1. The van der Waals surface area contributed by atoms with Gasteiger partial charge in [-0.15, -0.1) is 0 Å². The second-order valence-electron chi connectivity index (χ2n) is 6.69. The predicted octanol–water partition coefficient (Wildman–Crippen LogP) is 2.06. The minimum Gasteiger partial charge on any atom is -0.357 e. The molecule has 0 fully saturated rings. The molecule has 1 heterocycles. The molecule has 7 nitrogen and oxygen atoms in total. The second-order valence-corrected chi connectivity index (χ2v) is 8.95. The smallest absolute Gasteiger partial charge is 0.191 e. The normalized spacial score (nSPS) is 13.4. The van der Waals surface area contributed by atoms with Crippen LogP contribution in [0.15, 0.2) is 41.5 Å². The summed E-state index contributed by atoms with van der Waals surface area (Å²) in [4.78, 5) is 4.66. The lowest BCUT2D eigenvalue weighted by molar-refractivity contribution is 0.581. The van der Waals surface area contributed by atoms with Gasteiger partial charge in [0.25, 0.3) is 0 Å². The van der Waals surface area contributed by atoms with E-state index in [4.69, 9.17) is 0 Å². The summed E-state index contributed by atoms with van der Waals surface area (Å²) in [6, 6.07) is 9.99. The first-order chi connectivity index (χ1) is 12.8. The average Bonchev–Trinajstić information content (AvgIpc) is 3.04. The lowest BCUT2D eigenvalue weighted by atomic mass is 10.2. The van der Waals surface area contributed by atoms with Crippen molar-refractivity contribution in [3.8, 4) is 5.69 Å². The van der Waals surface area contributed by atoms with Crippen LogP contribution in [0, 0.1) is 6.92 Å². The standard InChI is InChI=1S/C19H29N5O2S/c1-5-20-19(22-15(2)11-13-27(4,25)26)21-14-17-8-6-7-9-18(17)24-12-10-16(3)23-24/h6-10,12,15H,5,11,13-14H2,1-4H3,(H2,20,21,22). The van der Waals surface area contributed by atoms with E-state index in [1.54, 1.807) is 0 Å². The monoisotopic (exact) mass is 391 g/mol. The maximum atomic E-state index is 11.3. The molecule has 2 aromatic rings. The molecule has 1 unspecified atom stereocenters. The Labute approximate surface area is 161 Å². The molecule has 0 bridgehead atoms. The summed E-state index contributed by atoms with van der Waals surface area (Å²) in [6.07, 6.45) is 3.73. The van der Waals surface area contributed by atoms with E-state index < -0.39 is 9.84 Å². The van der Waals surface area contributed by atoms with E-state index in [9.17, 15) is 8.42 Å². The number of nitrogens with zero attached hydrogens (tertiary/aromatic N) is 3. The molecule has 0 aliphatic heterocycles. The molecule has 0 radical (unpaired) electrons. The number of aromatic nitrogens is 2. The highest BCUT2D eigenvalue weighted by Gasteiger charge is 2.10. The van der Waals surface area contributed by atoms with Crippen LogP contribution in [0.3, 0.4) is 0 Å². The van der Waals surface area contributed by atoms with Gasteiger partial charge < -0.3 is 10.6 Å². The summed E-state index contributed by atoms with van der Waals surface area (Å²) in [7, 11) is -2.97. The molecule has 0 saturated heterocycles. The van der Waals surface area contributed by atoms with Crippen LogP contribution in [0.25, 0.3) is 5.69 Å². The highest BCUT2D eigenvalue weighted by molar-refractivity contribution is 7.90. The van der Waals surface area contributed by atoms with Gasteiger partial charge in [0, 0.05) is 25.0 Å². The van der Waals surface area contributed by atoms with Crippen molar-refractivity contribution in [1.82, 2.24) is 20.4 Å². The van der Waals surface area contributed by atoms with Crippen molar-refractivity contribution < 1.29 is 8.42 Å². The van der Waals surface area contributed by atoms with Gasteiger partial charge in [0.05, 0.1) is 23.7 Å². The van der Waals surface area contributed by atoms with Crippen molar-refractivity contribution in [2.75, 3.05) is 18.6 Å². The Kier molecular flexibility index (Phi) is 7.41. The van der Waals surface area contributed by atoms with Crippen molar-refractivity contribution >= 4 is 15.8 Å². The summed E-state index contributed by atoms with van der Waals surface area (Å²) in [5.74, 6) is 0.826. The number of para-hydroxylation sites is 1. The number of rotatable bonds is 8. The van der Waals surface area contributed by atoms with Crippen molar-refractivity contribution in [3.05, 3.63) is 47.8 Å². The molecule has 1 aromatic carbocycles. The van der Waals surface area contributed by atoms with Crippen molar-refractivity contribution in [2.24, 2.45) is 4.99 Å². The Morgan fingerprint density at radius 1 is 1.30 bits per heavy atom. The third-order valence-corrected chi connectivity index (χ3v) is 4.99. The molecule has 1 atom stereocenters. The number of hydrogen-bond donors (Lipinski definition) is 2. The van der Waals surface area contributed by atoms with Crippen LogP contribution in [0.4, 0.5) is 0 Å². The topological polar surface area (TPSA) is 88.4 Å². The van der Waals surface area contributed by atoms with Gasteiger partial charge in [-0.1, -0.05) is 18.2 Å². The Hall–Kier alpha value is -2.35. The van der Waals surface area contributed by atoms with Crippen molar-refractivity contribution in [3.63, 3.8) is 0 Å². The molecular weight excluding hydrogens is 362 g/mol. The second kappa shape index (κ2) is 9.55. The largest absolute Gasteiger partial charge is 0.357 e. The minimum atomic E-state index is -2.97. The molecule has 0 aliphatic rings. The van der Waals surface area contributed by atoms with E-state index in [1.165, 1.54) is 6.26 Å². The van der Waals surface area contributed by atoms with Crippen LogP contribution in [0.1, 0.15) is 31.5 Å². The van der Waals surface area contributed by atoms with Crippen LogP contribution in [0.2, 0.25) is 0 Å². The van der Waals surface area contributed by atoms with Gasteiger partial charge >= 0.3 is 0 Å². The number of guanidine groups is 1. The third kappa shape index (κ3) is 7.05. The highest BCUT2D eigenvalue weighted by Crippen LogP contribution is 2.15. The van der Waals surface area contributed by atoms with Gasteiger partial charge in [0.2, 0.25) is 0 Å². The lowest BCUT2D eigenvalue weighted by Crippen LogP contribution is -2.42. The number of benzene rings is 1. The van der Waals surface area contributed by atoms with E-state index >= 15 is 0 Å². The maximum absolute atomic E-state index is 11.3. The van der Waals surface area contributed by atoms with Crippen LogP contribution < -0.4 is 10.6 Å². The van der Waals surface area contributed by atoms with E-state index in [-0.39, 0.29) is 11.8 Å². The van der Waals surface area contributed by atoms with E-state index in [1.807, 2.05) is 62.0 Å². The Bertz CT molecular complexity index is 874. The Morgan fingerprint density at radius 3 is 2.67 bits per heavy atom. The first-order valence-electron chi connectivity index (χ1n) is 9.11. The molecule has 0 aliphatic carbocycles. The van der Waals surface area contributed by atoms with Crippen LogP contribution in [-0.4, -0.2) is 48.8 Å². The maximum Gasteiger partial charge on any atom is 0.191 e. The quantitative estimate of drug-likeness (QED) is 0.531. The van der Waals surface area contributed by atoms with Crippen LogP contribution in [-0.2, 0) is 16.4 Å². The fourth-order valence-electron chi connectivity index (χ4n) is 2.60. The van der Waals surface area contributed by atoms with Crippen molar-refractivity contribution in [1.29, 1.82) is 0 Å². The lowest BCUT2D eigenvalue weighted by Gasteiger charge is -2.17. The van der Waals surface area contributed by atoms with Gasteiger partial charge in [0.15, 0.2) is 5.96 Å². The predicted molar refractivity (Wildman–Crippen MR) is 110 cm³/mol. The molecule has 27 heavy (non-hydrogen) atoms. The van der Waals surface area contributed by atoms with Crippen molar-refractivity contribution in [2.45, 2.75) is 39.8 Å². The van der Waals surface area contributed by atoms with E-state index in [0.717, 1.165) is 23.5 Å². The molecule has 2 rings (SSSR count). The van der Waals surface area contributed by atoms with Crippen LogP contribution >= 0.6 is 0 Å². The molecule has 2 N–H and O–H groups in total. The summed E-state index contributed by atoms with van der Waals surface area (Å²) < 4.78 is 24.6. The van der Waals surface area contributed by atoms with E-state index in [0.29, 0.717) is 18.9 Å². The first-order valence-corrected chi connectivity index (χ1v) is 11.2. The summed E-state index contributed by atoms with van der Waals surface area (Å²) >= 11 is 0. The first kappa shape index (κ1) is 21.0. The molecule has 0 spiro atoms. The summed E-state index contributed by atoms with van der Waals surface area (Å²) in [5, 5.41) is 11.0. The van der Waals surface area contributed by atoms with Gasteiger partial charge in [-0.25, -0.2) is 18.1 Å². The number of aryl methyl sites for hydroxylation is 1. The fourth-order valence-corrected chi connectivity index (χ4v) is 3.38. The molecule has 0 amide bonds. The molecule has 8 heteroatoms. The highest BCUT2D eigenvalue weighted by atomic mass is 32.2. The van der Waals surface area contributed by atoms with Gasteiger partial charge in [-0.2, -0.15) is 5.10 Å². The molecule has 0 saturated carbocycles. The van der Waals surface area contributed by atoms with Gasteiger partial charge in [-0.05, 0) is 44.9 Å². The number of hydrogen-bond acceptors (Lipinski definition) is 4. The number of nitrogens with one attached hydrogen (secondary N) is 2. The molecule has 148 valence electrons. The van der Waals surface area contributed by atoms with Crippen LogP contribution in [0.5, 0.6) is 0 Å². The fraction of sp³-hybridized carbons (Fsp3) is 0.474. The van der Waals surface area contributed by atoms with E-state index in [2.05, 4.69) is 20.7 Å². The zero-order valence-electron chi connectivity index (χ0n) is 16.4. The molecular formula is C19H29N5O2S. The molecule has 1 aromatic heterocycles. The van der Waals surface area contributed by atoms with Gasteiger partial charge in [0.1, 0.15) is 9.84 Å². The zero-order chi connectivity index (χ0) is 19.9. The SMILES string of the molecule is CCNC(=NCc1ccccc1-n1ccc(C)n1)NC(C)CCS(C)(=O)=O.